The maximum Gasteiger partial charge on any atom is 0.490 e. The van der Waals surface area contributed by atoms with Crippen LogP contribution in [-0.4, -0.2) is 49.1 Å². The molecule has 2 aliphatic heterocycles. The standard InChI is InChI=1S/C17H17NO4.C2HF3O2/c19-14-2-1-9-5-13-11-7-16(21)15(20)6-10(11)3-4-18(13)8-12(9)17(14)22;3-2(4,5)1(6)7/h1-2,6-7,13,19-22H,3-5,8H2;(H,6,7). The first-order valence-corrected chi connectivity index (χ1v) is 8.60. The van der Waals surface area contributed by atoms with Crippen LogP contribution in [0.15, 0.2) is 24.3 Å². The Morgan fingerprint density at radius 3 is 2.24 bits per heavy atom. The fourth-order valence-electron chi connectivity index (χ4n) is 3.65. The summed E-state index contributed by atoms with van der Waals surface area (Å²) in [6, 6.07) is 6.77. The van der Waals surface area contributed by atoms with Gasteiger partial charge in [0.25, 0.3) is 0 Å². The average molecular weight is 413 g/mol. The van der Waals surface area contributed by atoms with Crippen molar-refractivity contribution in [2.75, 3.05) is 6.54 Å². The quantitative estimate of drug-likeness (QED) is 0.421. The zero-order valence-corrected chi connectivity index (χ0v) is 14.9. The Morgan fingerprint density at radius 1 is 1.00 bits per heavy atom. The molecule has 0 aliphatic carbocycles. The lowest BCUT2D eigenvalue weighted by atomic mass is 9.83. The van der Waals surface area contributed by atoms with Gasteiger partial charge in [-0.2, -0.15) is 13.2 Å². The monoisotopic (exact) mass is 413 g/mol. The van der Waals surface area contributed by atoms with E-state index in [9.17, 15) is 33.6 Å². The second kappa shape index (κ2) is 7.36. The normalized spacial score (nSPS) is 18.0. The van der Waals surface area contributed by atoms with Gasteiger partial charge in [0, 0.05) is 24.7 Å². The van der Waals surface area contributed by atoms with Crippen molar-refractivity contribution >= 4 is 5.97 Å². The predicted octanol–water partition coefficient (Wildman–Crippen LogP) is 2.80. The second-order valence-electron chi connectivity index (χ2n) is 6.85. The van der Waals surface area contributed by atoms with Crippen LogP contribution in [0.2, 0.25) is 0 Å². The number of halogens is 3. The lowest BCUT2D eigenvalue weighted by molar-refractivity contribution is -0.192. The van der Waals surface area contributed by atoms with Crippen LogP contribution in [-0.2, 0) is 24.2 Å². The molecule has 0 bridgehead atoms. The number of benzene rings is 2. The molecule has 2 heterocycles. The lowest BCUT2D eigenvalue weighted by Crippen LogP contribution is -2.39. The third-order valence-corrected chi connectivity index (χ3v) is 5.08. The van der Waals surface area contributed by atoms with Crippen molar-refractivity contribution in [3.63, 3.8) is 0 Å². The second-order valence-corrected chi connectivity index (χ2v) is 6.85. The number of rotatable bonds is 0. The van der Waals surface area contributed by atoms with Crippen molar-refractivity contribution in [2.45, 2.75) is 31.6 Å². The van der Waals surface area contributed by atoms with Gasteiger partial charge in [0.15, 0.2) is 23.0 Å². The number of aliphatic carboxylic acids is 1. The van der Waals surface area contributed by atoms with Crippen molar-refractivity contribution < 1.29 is 43.5 Å². The van der Waals surface area contributed by atoms with Crippen LogP contribution in [0, 0.1) is 0 Å². The van der Waals surface area contributed by atoms with E-state index in [2.05, 4.69) is 4.90 Å². The Morgan fingerprint density at radius 2 is 1.62 bits per heavy atom. The van der Waals surface area contributed by atoms with Crippen molar-refractivity contribution in [1.29, 1.82) is 0 Å². The molecule has 0 amide bonds. The molecule has 2 aromatic carbocycles. The first-order valence-electron chi connectivity index (χ1n) is 8.60. The molecule has 0 saturated carbocycles. The lowest BCUT2D eigenvalue weighted by Gasteiger charge is -2.41. The highest BCUT2D eigenvalue weighted by Gasteiger charge is 2.38. The van der Waals surface area contributed by atoms with Gasteiger partial charge < -0.3 is 25.5 Å². The molecule has 0 fully saturated rings. The van der Waals surface area contributed by atoms with Gasteiger partial charge in [-0.05, 0) is 47.7 Å². The number of nitrogens with zero attached hydrogens (tertiary/aromatic N) is 1. The number of alkyl halides is 3. The van der Waals surface area contributed by atoms with E-state index in [0.29, 0.717) is 13.0 Å². The van der Waals surface area contributed by atoms with E-state index in [1.807, 2.05) is 6.07 Å². The molecule has 0 spiro atoms. The highest BCUT2D eigenvalue weighted by atomic mass is 19.4. The van der Waals surface area contributed by atoms with Gasteiger partial charge in [0.05, 0.1) is 0 Å². The summed E-state index contributed by atoms with van der Waals surface area (Å²) in [5, 5.41) is 46.3. The summed E-state index contributed by atoms with van der Waals surface area (Å²) >= 11 is 0. The minimum Gasteiger partial charge on any atom is -0.504 e. The highest BCUT2D eigenvalue weighted by Crippen LogP contribution is 2.44. The molecule has 7 nitrogen and oxygen atoms in total. The van der Waals surface area contributed by atoms with Crippen LogP contribution in [0.25, 0.3) is 0 Å². The zero-order chi connectivity index (χ0) is 21.5. The molecule has 29 heavy (non-hydrogen) atoms. The average Bonchev–Trinajstić information content (AvgIpc) is 2.64. The molecule has 10 heteroatoms. The Balaban J connectivity index is 0.000000298. The van der Waals surface area contributed by atoms with E-state index in [1.165, 1.54) is 6.07 Å². The molecule has 0 saturated heterocycles. The first-order chi connectivity index (χ1) is 13.5. The SMILES string of the molecule is O=C(O)C(F)(F)F.Oc1cc2c(cc1O)C1Cc3ccc(O)c(O)c3CN1CC2. The Bertz CT molecular complexity index is 960. The van der Waals surface area contributed by atoms with Crippen molar-refractivity contribution in [2.24, 2.45) is 0 Å². The van der Waals surface area contributed by atoms with Crippen molar-refractivity contribution in [3.05, 3.63) is 46.5 Å². The number of carboxylic acids is 1. The number of hydrogen-bond donors (Lipinski definition) is 5. The van der Waals surface area contributed by atoms with Crippen LogP contribution < -0.4 is 0 Å². The summed E-state index contributed by atoms with van der Waals surface area (Å²) in [7, 11) is 0. The highest BCUT2D eigenvalue weighted by molar-refractivity contribution is 5.73. The third kappa shape index (κ3) is 4.02. The Labute approximate surface area is 162 Å². The molecular formula is C19H18F3NO6. The number of phenolic OH excluding ortho intramolecular Hbond substituents is 4. The molecule has 1 unspecified atom stereocenters. The van der Waals surface area contributed by atoms with E-state index in [4.69, 9.17) is 9.90 Å². The molecule has 0 aromatic heterocycles. The number of fused-ring (bicyclic) bond motifs is 4. The number of carboxylic acid groups (broad SMARTS) is 1. The van der Waals surface area contributed by atoms with Crippen molar-refractivity contribution in [1.82, 2.24) is 4.90 Å². The maximum atomic E-state index is 10.6. The fourth-order valence-corrected chi connectivity index (χ4v) is 3.65. The topological polar surface area (TPSA) is 121 Å². The maximum absolute atomic E-state index is 10.6. The van der Waals surface area contributed by atoms with E-state index in [-0.39, 0.29) is 29.0 Å². The summed E-state index contributed by atoms with van der Waals surface area (Å²) in [4.78, 5) is 11.1. The summed E-state index contributed by atoms with van der Waals surface area (Å²) in [6.45, 7) is 1.39. The summed E-state index contributed by atoms with van der Waals surface area (Å²) < 4.78 is 31.7. The van der Waals surface area contributed by atoms with Crippen LogP contribution in [0.3, 0.4) is 0 Å². The Hall–Kier alpha value is -3.14. The van der Waals surface area contributed by atoms with Gasteiger partial charge in [-0.25, -0.2) is 4.79 Å². The van der Waals surface area contributed by atoms with E-state index < -0.39 is 12.1 Å². The largest absolute Gasteiger partial charge is 0.504 e. The molecule has 156 valence electrons. The third-order valence-electron chi connectivity index (χ3n) is 5.08. The van der Waals surface area contributed by atoms with Crippen LogP contribution in [0.4, 0.5) is 13.2 Å². The molecule has 1 atom stereocenters. The minimum absolute atomic E-state index is 0.0321. The molecule has 2 aliphatic rings. The molecule has 2 aromatic rings. The van der Waals surface area contributed by atoms with Gasteiger partial charge >= 0.3 is 12.1 Å². The molecule has 0 radical (unpaired) electrons. The smallest absolute Gasteiger partial charge is 0.490 e. The summed E-state index contributed by atoms with van der Waals surface area (Å²) in [5.74, 6) is -3.05. The minimum atomic E-state index is -5.08. The number of carbonyl (C=O) groups is 1. The van der Waals surface area contributed by atoms with Crippen LogP contribution in [0.1, 0.15) is 28.3 Å². The van der Waals surface area contributed by atoms with E-state index >= 15 is 0 Å². The molecule has 4 rings (SSSR count). The number of hydrogen-bond acceptors (Lipinski definition) is 6. The van der Waals surface area contributed by atoms with Crippen LogP contribution >= 0.6 is 0 Å². The van der Waals surface area contributed by atoms with Crippen LogP contribution in [0.5, 0.6) is 23.0 Å². The number of aromatic hydroxyl groups is 4. The number of phenols is 4. The zero-order valence-electron chi connectivity index (χ0n) is 14.9. The summed E-state index contributed by atoms with van der Waals surface area (Å²) in [5.41, 5.74) is 3.88. The van der Waals surface area contributed by atoms with Gasteiger partial charge in [0.1, 0.15) is 0 Å². The fraction of sp³-hybridized carbons (Fsp3) is 0.316. The van der Waals surface area contributed by atoms with Gasteiger partial charge in [-0.3, -0.25) is 4.90 Å². The molecule has 5 N–H and O–H groups in total. The Kier molecular flexibility index (Phi) is 5.22. The summed E-state index contributed by atoms with van der Waals surface area (Å²) in [6.07, 6.45) is -3.59. The van der Waals surface area contributed by atoms with E-state index in [0.717, 1.165) is 35.2 Å². The first kappa shape index (κ1) is 20.6. The van der Waals surface area contributed by atoms with Crippen molar-refractivity contribution in [3.8, 4) is 23.0 Å². The van der Waals surface area contributed by atoms with Gasteiger partial charge in [0.2, 0.25) is 0 Å². The van der Waals surface area contributed by atoms with Gasteiger partial charge in [-0.1, -0.05) is 6.07 Å². The predicted molar refractivity (Wildman–Crippen MR) is 93.8 cm³/mol. The van der Waals surface area contributed by atoms with Gasteiger partial charge in [-0.15, -0.1) is 0 Å². The molecular weight excluding hydrogens is 395 g/mol. The van der Waals surface area contributed by atoms with E-state index in [1.54, 1.807) is 12.1 Å².